The molecule has 1 aromatic heterocycles. The quantitative estimate of drug-likeness (QED) is 0.783. The first kappa shape index (κ1) is 18.5. The van der Waals surface area contributed by atoms with E-state index in [9.17, 15) is 9.59 Å². The predicted molar refractivity (Wildman–Crippen MR) is 90.1 cm³/mol. The lowest BCUT2D eigenvalue weighted by atomic mass is 10.2. The van der Waals surface area contributed by atoms with Gasteiger partial charge in [0.2, 0.25) is 5.91 Å². The van der Waals surface area contributed by atoms with Crippen LogP contribution in [0.5, 0.6) is 0 Å². The van der Waals surface area contributed by atoms with E-state index in [0.29, 0.717) is 28.9 Å². The molecule has 122 valence electrons. The molecule has 0 bridgehead atoms. The number of likely N-dealkylation sites (N-methyl/N-ethyl adjacent to an activating group) is 1. The summed E-state index contributed by atoms with van der Waals surface area (Å²) in [6.07, 6.45) is 1.67. The lowest BCUT2D eigenvalue weighted by Gasteiger charge is -2.23. The summed E-state index contributed by atoms with van der Waals surface area (Å²) in [4.78, 5) is 30.6. The lowest BCUT2D eigenvalue weighted by Crippen LogP contribution is -2.46. The summed E-state index contributed by atoms with van der Waals surface area (Å²) in [5, 5.41) is 3.80. The molecule has 1 aromatic rings. The number of amides is 2. The molecule has 0 aliphatic rings. The van der Waals surface area contributed by atoms with Gasteiger partial charge >= 0.3 is 0 Å². The molecule has 0 aliphatic heterocycles. The second kappa shape index (κ2) is 8.78. The number of rotatable bonds is 7. The van der Waals surface area contributed by atoms with Crippen LogP contribution in [0, 0.1) is 0 Å². The number of nitrogens with one attached hydrogen (secondary N) is 1. The maximum atomic E-state index is 12.4. The van der Waals surface area contributed by atoms with Crippen molar-refractivity contribution in [1.82, 2.24) is 15.2 Å². The van der Waals surface area contributed by atoms with Crippen molar-refractivity contribution in [2.24, 2.45) is 0 Å². The molecular formula is C16H25N3O2S. The van der Waals surface area contributed by atoms with Crippen LogP contribution in [0.25, 0.3) is 0 Å². The second-order valence-electron chi connectivity index (χ2n) is 5.23. The average molecular weight is 323 g/mol. The second-order valence-corrected chi connectivity index (χ2v) is 6.79. The van der Waals surface area contributed by atoms with Crippen LogP contribution >= 0.6 is 11.8 Å². The van der Waals surface area contributed by atoms with Crippen LogP contribution in [0.15, 0.2) is 23.4 Å². The number of carbonyl (C=O) groups excluding carboxylic acids is 2. The molecule has 0 aromatic carbocycles. The van der Waals surface area contributed by atoms with Crippen LogP contribution in [0.4, 0.5) is 0 Å². The summed E-state index contributed by atoms with van der Waals surface area (Å²) in [6, 6.07) is 2.92. The van der Waals surface area contributed by atoms with Crippen LogP contribution in [0.3, 0.4) is 0 Å². The van der Waals surface area contributed by atoms with E-state index in [4.69, 9.17) is 0 Å². The smallest absolute Gasteiger partial charge is 0.254 e. The van der Waals surface area contributed by atoms with Crippen molar-refractivity contribution >= 4 is 23.6 Å². The van der Waals surface area contributed by atoms with Gasteiger partial charge in [0.25, 0.3) is 5.91 Å². The Labute approximate surface area is 136 Å². The molecule has 2 amide bonds. The van der Waals surface area contributed by atoms with Gasteiger partial charge in [-0.1, -0.05) is 13.8 Å². The standard InChI is InChI=1S/C16H25N3O2S/c1-6-19(7-2)16(21)12(5)18-14(20)13-9-8-10-17-15(13)22-11(3)4/h8-12H,6-7H2,1-5H3,(H,18,20)/t12-/m0/s1. The third-order valence-electron chi connectivity index (χ3n) is 3.16. The molecule has 1 heterocycles. The van der Waals surface area contributed by atoms with Crippen molar-refractivity contribution in [2.75, 3.05) is 13.1 Å². The highest BCUT2D eigenvalue weighted by molar-refractivity contribution is 7.99. The molecule has 1 atom stereocenters. The van der Waals surface area contributed by atoms with Gasteiger partial charge in [-0.2, -0.15) is 0 Å². The molecule has 0 saturated carbocycles. The van der Waals surface area contributed by atoms with Crippen LogP contribution in [0.2, 0.25) is 0 Å². The largest absolute Gasteiger partial charge is 0.341 e. The van der Waals surface area contributed by atoms with E-state index < -0.39 is 6.04 Å². The van der Waals surface area contributed by atoms with Gasteiger partial charge in [0.1, 0.15) is 11.1 Å². The maximum absolute atomic E-state index is 12.4. The van der Waals surface area contributed by atoms with Crippen molar-refractivity contribution in [3.63, 3.8) is 0 Å². The molecule has 0 spiro atoms. The van der Waals surface area contributed by atoms with Crippen molar-refractivity contribution in [3.8, 4) is 0 Å². The Kier molecular flexibility index (Phi) is 7.38. The minimum absolute atomic E-state index is 0.0692. The Morgan fingerprint density at radius 1 is 1.27 bits per heavy atom. The number of hydrogen-bond acceptors (Lipinski definition) is 4. The molecule has 22 heavy (non-hydrogen) atoms. The van der Waals surface area contributed by atoms with Gasteiger partial charge in [0.05, 0.1) is 5.56 Å². The first-order valence-corrected chi connectivity index (χ1v) is 8.49. The number of pyridine rings is 1. The van der Waals surface area contributed by atoms with E-state index in [1.807, 2.05) is 27.7 Å². The normalized spacial score (nSPS) is 12.1. The van der Waals surface area contributed by atoms with Crippen molar-refractivity contribution in [3.05, 3.63) is 23.9 Å². The summed E-state index contributed by atoms with van der Waals surface area (Å²) in [5.74, 6) is -0.329. The fourth-order valence-electron chi connectivity index (χ4n) is 2.03. The van der Waals surface area contributed by atoms with Gasteiger partial charge in [-0.05, 0) is 32.9 Å². The molecular weight excluding hydrogens is 298 g/mol. The van der Waals surface area contributed by atoms with E-state index in [1.54, 1.807) is 30.2 Å². The summed E-state index contributed by atoms with van der Waals surface area (Å²) in [7, 11) is 0. The number of aromatic nitrogens is 1. The van der Waals surface area contributed by atoms with Gasteiger partial charge in [-0.3, -0.25) is 9.59 Å². The van der Waals surface area contributed by atoms with E-state index in [1.165, 1.54) is 11.8 Å². The minimum Gasteiger partial charge on any atom is -0.341 e. The van der Waals surface area contributed by atoms with Crippen LogP contribution in [-0.4, -0.2) is 46.1 Å². The molecule has 0 radical (unpaired) electrons. The molecule has 0 aliphatic carbocycles. The predicted octanol–water partition coefficient (Wildman–Crippen LogP) is 2.57. The van der Waals surface area contributed by atoms with Gasteiger partial charge in [-0.25, -0.2) is 4.98 Å². The highest BCUT2D eigenvalue weighted by atomic mass is 32.2. The van der Waals surface area contributed by atoms with E-state index >= 15 is 0 Å². The van der Waals surface area contributed by atoms with Gasteiger partial charge < -0.3 is 10.2 Å². The first-order chi connectivity index (χ1) is 10.4. The highest BCUT2D eigenvalue weighted by Gasteiger charge is 2.22. The number of carbonyl (C=O) groups is 2. The summed E-state index contributed by atoms with van der Waals surface area (Å²) >= 11 is 1.54. The zero-order valence-corrected chi connectivity index (χ0v) is 14.7. The average Bonchev–Trinajstić information content (AvgIpc) is 2.48. The van der Waals surface area contributed by atoms with Crippen molar-refractivity contribution in [1.29, 1.82) is 0 Å². The number of nitrogens with zero attached hydrogens (tertiary/aromatic N) is 2. The summed E-state index contributed by atoms with van der Waals surface area (Å²) in [5.41, 5.74) is 0.514. The van der Waals surface area contributed by atoms with E-state index in [-0.39, 0.29) is 11.8 Å². The molecule has 0 saturated heterocycles. The van der Waals surface area contributed by atoms with Gasteiger partial charge in [-0.15, -0.1) is 11.8 Å². The molecule has 0 fully saturated rings. The monoisotopic (exact) mass is 323 g/mol. The Bertz CT molecular complexity index is 516. The number of hydrogen-bond donors (Lipinski definition) is 1. The zero-order chi connectivity index (χ0) is 16.7. The Hall–Kier alpha value is -1.56. The highest BCUT2D eigenvalue weighted by Crippen LogP contribution is 2.24. The van der Waals surface area contributed by atoms with Gasteiger partial charge in [0.15, 0.2) is 0 Å². The van der Waals surface area contributed by atoms with E-state index in [0.717, 1.165) is 0 Å². The Morgan fingerprint density at radius 3 is 2.45 bits per heavy atom. The first-order valence-electron chi connectivity index (χ1n) is 7.61. The van der Waals surface area contributed by atoms with Gasteiger partial charge in [0, 0.05) is 24.5 Å². The fourth-order valence-corrected chi connectivity index (χ4v) is 2.88. The van der Waals surface area contributed by atoms with E-state index in [2.05, 4.69) is 10.3 Å². The third kappa shape index (κ3) is 5.02. The lowest BCUT2D eigenvalue weighted by molar-refractivity contribution is -0.132. The Morgan fingerprint density at radius 2 is 1.91 bits per heavy atom. The maximum Gasteiger partial charge on any atom is 0.254 e. The molecule has 1 N–H and O–H groups in total. The fraction of sp³-hybridized carbons (Fsp3) is 0.562. The molecule has 0 unspecified atom stereocenters. The zero-order valence-electron chi connectivity index (χ0n) is 13.9. The van der Waals surface area contributed by atoms with Crippen molar-refractivity contribution < 1.29 is 9.59 Å². The molecule has 5 nitrogen and oxygen atoms in total. The third-order valence-corrected chi connectivity index (χ3v) is 4.18. The number of thioether (sulfide) groups is 1. The summed E-state index contributed by atoms with van der Waals surface area (Å²) in [6.45, 7) is 10.9. The van der Waals surface area contributed by atoms with Crippen LogP contribution in [0.1, 0.15) is 45.0 Å². The SMILES string of the molecule is CCN(CC)C(=O)[C@H](C)NC(=O)c1cccnc1SC(C)C. The van der Waals surface area contributed by atoms with Crippen LogP contribution in [-0.2, 0) is 4.79 Å². The summed E-state index contributed by atoms with van der Waals surface area (Å²) < 4.78 is 0. The molecule has 6 heteroatoms. The Balaban J connectivity index is 2.83. The van der Waals surface area contributed by atoms with Crippen molar-refractivity contribution in [2.45, 2.75) is 50.9 Å². The molecule has 1 rings (SSSR count). The minimum atomic E-state index is -0.551. The van der Waals surface area contributed by atoms with Crippen LogP contribution < -0.4 is 5.32 Å². The topological polar surface area (TPSA) is 62.3 Å².